The Morgan fingerprint density at radius 1 is 0.812 bits per heavy atom. The van der Waals surface area contributed by atoms with Crippen molar-refractivity contribution in [1.82, 2.24) is 4.98 Å². The Morgan fingerprint density at radius 3 is 2.16 bits per heavy atom. The predicted octanol–water partition coefficient (Wildman–Crippen LogP) is 4.71. The van der Waals surface area contributed by atoms with Gasteiger partial charge in [-0.3, -0.25) is 9.78 Å². The Kier molecular flexibility index (Phi) is 5.64. The van der Waals surface area contributed by atoms with Gasteiger partial charge in [-0.05, 0) is 61.4 Å². The van der Waals surface area contributed by atoms with Crippen LogP contribution in [0.4, 0.5) is 0 Å². The number of carbonyl (C=O) groups is 1. The van der Waals surface area contributed by atoms with Gasteiger partial charge in [-0.15, -0.1) is 0 Å². The molecule has 4 rings (SSSR count). The van der Waals surface area contributed by atoms with Crippen molar-refractivity contribution in [3.05, 3.63) is 82.2 Å². The van der Waals surface area contributed by atoms with E-state index in [1.165, 1.54) is 25.6 Å². The molecule has 0 N–H and O–H groups in total. The summed E-state index contributed by atoms with van der Waals surface area (Å²) in [6, 6.07) is 11.6. The minimum Gasteiger partial charge on any atom is -0.493 e. The first-order valence-corrected chi connectivity index (χ1v) is 9.85. The summed E-state index contributed by atoms with van der Waals surface area (Å²) in [7, 11) is 3.09. The largest absolute Gasteiger partial charge is 0.493 e. The first-order chi connectivity index (χ1) is 15.4. The monoisotopic (exact) mass is 431 g/mol. The fraction of sp³-hybridized carbons (Fsp3) is 0.160. The molecule has 32 heavy (non-hydrogen) atoms. The molecule has 0 amide bonds. The van der Waals surface area contributed by atoms with Crippen LogP contribution >= 0.6 is 0 Å². The lowest BCUT2D eigenvalue weighted by molar-refractivity contribution is 0.0737. The van der Waals surface area contributed by atoms with E-state index in [9.17, 15) is 9.59 Å². The maximum Gasteiger partial charge on any atom is 0.343 e. The molecule has 2 aromatic heterocycles. The van der Waals surface area contributed by atoms with Crippen LogP contribution in [0.2, 0.25) is 0 Å². The summed E-state index contributed by atoms with van der Waals surface area (Å²) in [5, 5.41) is 0.827. The topological polar surface area (TPSA) is 87.9 Å². The molecule has 0 aliphatic carbocycles. The van der Waals surface area contributed by atoms with E-state index in [0.717, 1.165) is 0 Å². The van der Waals surface area contributed by atoms with Crippen LogP contribution in [0.15, 0.2) is 64.1 Å². The average molecular weight is 431 g/mol. The van der Waals surface area contributed by atoms with E-state index < -0.39 is 5.97 Å². The van der Waals surface area contributed by atoms with Gasteiger partial charge in [0.15, 0.2) is 16.9 Å². The Morgan fingerprint density at radius 2 is 1.47 bits per heavy atom. The molecule has 2 aromatic carbocycles. The maximum absolute atomic E-state index is 13.1. The fourth-order valence-corrected chi connectivity index (χ4v) is 3.66. The molecule has 7 heteroatoms. The molecule has 0 aliphatic heterocycles. The van der Waals surface area contributed by atoms with Crippen molar-refractivity contribution in [1.29, 1.82) is 0 Å². The molecule has 0 spiro atoms. The number of aromatic nitrogens is 1. The second kappa shape index (κ2) is 8.55. The Hall–Kier alpha value is -4.13. The summed E-state index contributed by atoms with van der Waals surface area (Å²) in [6.45, 7) is 3.44. The predicted molar refractivity (Wildman–Crippen MR) is 120 cm³/mol. The molecule has 0 saturated heterocycles. The van der Waals surface area contributed by atoms with Crippen LogP contribution in [0.5, 0.6) is 17.2 Å². The molecule has 162 valence electrons. The van der Waals surface area contributed by atoms with Crippen LogP contribution in [0, 0.1) is 13.8 Å². The molecule has 7 nitrogen and oxygen atoms in total. The third-order valence-electron chi connectivity index (χ3n) is 5.16. The number of hydrogen-bond donors (Lipinski definition) is 0. The van der Waals surface area contributed by atoms with Gasteiger partial charge in [0.1, 0.15) is 17.3 Å². The second-order valence-electron chi connectivity index (χ2n) is 7.13. The molecule has 0 radical (unpaired) electrons. The highest BCUT2D eigenvalue weighted by molar-refractivity contribution is 5.97. The highest BCUT2D eigenvalue weighted by atomic mass is 16.5. The van der Waals surface area contributed by atoms with E-state index in [1.54, 1.807) is 57.4 Å². The molecule has 0 fully saturated rings. The molecule has 2 heterocycles. The summed E-state index contributed by atoms with van der Waals surface area (Å²) in [5.74, 6) is 1.68. The zero-order valence-corrected chi connectivity index (χ0v) is 18.1. The van der Waals surface area contributed by atoms with Gasteiger partial charge in [0, 0.05) is 12.4 Å². The lowest BCUT2D eigenvalue weighted by Crippen LogP contribution is -2.08. The van der Waals surface area contributed by atoms with Gasteiger partial charge in [0.2, 0.25) is 0 Å². The van der Waals surface area contributed by atoms with Crippen LogP contribution < -0.4 is 19.6 Å². The number of ether oxygens (including phenoxy) is 3. The van der Waals surface area contributed by atoms with Gasteiger partial charge in [0.05, 0.1) is 30.6 Å². The molecule has 0 aliphatic rings. The van der Waals surface area contributed by atoms with Crippen molar-refractivity contribution in [3.63, 3.8) is 0 Å². The summed E-state index contributed by atoms with van der Waals surface area (Å²) in [6.07, 6.45) is 3.02. The molecule has 0 bridgehead atoms. The van der Waals surface area contributed by atoms with Crippen LogP contribution in [-0.2, 0) is 0 Å². The summed E-state index contributed by atoms with van der Waals surface area (Å²) in [5.41, 5.74) is 1.35. The minimum atomic E-state index is -0.566. The number of aryl methyl sites for hydroxylation is 2. The highest BCUT2D eigenvalue weighted by Crippen LogP contribution is 2.36. The third-order valence-corrected chi connectivity index (χ3v) is 5.16. The van der Waals surface area contributed by atoms with Crippen LogP contribution in [0.25, 0.3) is 21.9 Å². The number of nitrogens with zero attached hydrogens (tertiary/aromatic N) is 1. The van der Waals surface area contributed by atoms with Gasteiger partial charge in [-0.25, -0.2) is 4.79 Å². The molecule has 0 unspecified atom stereocenters. The van der Waals surface area contributed by atoms with Gasteiger partial charge >= 0.3 is 5.97 Å². The van der Waals surface area contributed by atoms with E-state index in [0.29, 0.717) is 50.5 Å². The smallest absolute Gasteiger partial charge is 0.343 e. The van der Waals surface area contributed by atoms with E-state index in [4.69, 9.17) is 18.6 Å². The van der Waals surface area contributed by atoms with Crippen molar-refractivity contribution in [2.75, 3.05) is 14.2 Å². The molecule has 0 atom stereocenters. The van der Waals surface area contributed by atoms with Crippen LogP contribution in [0.3, 0.4) is 0 Å². The van der Waals surface area contributed by atoms with Crippen molar-refractivity contribution in [2.24, 2.45) is 0 Å². The highest BCUT2D eigenvalue weighted by Gasteiger charge is 2.19. The van der Waals surface area contributed by atoms with Crippen molar-refractivity contribution >= 4 is 16.7 Å². The number of rotatable bonds is 5. The minimum absolute atomic E-state index is 0.225. The first kappa shape index (κ1) is 21.1. The molecular formula is C25H21NO6. The van der Waals surface area contributed by atoms with E-state index in [-0.39, 0.29) is 11.2 Å². The van der Waals surface area contributed by atoms with E-state index in [1.807, 2.05) is 0 Å². The Labute approximate surface area is 184 Å². The first-order valence-electron chi connectivity index (χ1n) is 9.85. The second-order valence-corrected chi connectivity index (χ2v) is 7.13. The number of furan rings is 1. The van der Waals surface area contributed by atoms with Crippen molar-refractivity contribution in [2.45, 2.75) is 13.8 Å². The number of carbonyl (C=O) groups excluding carboxylic acids is 1. The van der Waals surface area contributed by atoms with Crippen LogP contribution in [-0.4, -0.2) is 25.2 Å². The molecule has 4 aromatic rings. The third kappa shape index (κ3) is 3.80. The number of esters is 1. The molecule has 0 saturated carbocycles. The fourth-order valence-electron chi connectivity index (χ4n) is 3.66. The van der Waals surface area contributed by atoms with Crippen molar-refractivity contribution < 1.29 is 23.4 Å². The van der Waals surface area contributed by atoms with Gasteiger partial charge in [-0.1, -0.05) is 6.07 Å². The summed E-state index contributed by atoms with van der Waals surface area (Å²) in [4.78, 5) is 29.8. The number of benzene rings is 1. The lowest BCUT2D eigenvalue weighted by atomic mass is 10.1. The number of fused-ring (bicyclic) bond motifs is 1. The standard InChI is InChI=1S/C25H21NO6/c1-14-23-19(27)11-18(17-5-6-20(29-3)21(12-17)30-4)13-22(24(23)15(2)31-14)32-25(28)16-7-9-26-10-8-16/h5-13H,1-4H3. The number of hydrogen-bond acceptors (Lipinski definition) is 7. The van der Waals surface area contributed by atoms with E-state index in [2.05, 4.69) is 4.98 Å². The SMILES string of the molecule is COc1ccc(-c2cc(OC(=O)c3ccncc3)c3c(C)oc(C)c3c(=O)c2)cc1OC. The number of methoxy groups -OCH3 is 2. The average Bonchev–Trinajstić information content (AvgIpc) is 3.02. The zero-order valence-electron chi connectivity index (χ0n) is 18.1. The van der Waals surface area contributed by atoms with Gasteiger partial charge < -0.3 is 18.6 Å². The quantitative estimate of drug-likeness (QED) is 0.423. The zero-order chi connectivity index (χ0) is 22.8. The molecular weight excluding hydrogens is 410 g/mol. The van der Waals surface area contributed by atoms with Gasteiger partial charge in [0.25, 0.3) is 0 Å². The van der Waals surface area contributed by atoms with Gasteiger partial charge in [-0.2, -0.15) is 0 Å². The Bertz CT molecular complexity index is 1380. The Balaban J connectivity index is 1.95. The maximum atomic E-state index is 13.1. The number of pyridine rings is 1. The summed E-state index contributed by atoms with van der Waals surface area (Å²) >= 11 is 0. The van der Waals surface area contributed by atoms with Crippen LogP contribution in [0.1, 0.15) is 21.9 Å². The van der Waals surface area contributed by atoms with E-state index >= 15 is 0 Å². The summed E-state index contributed by atoms with van der Waals surface area (Å²) < 4.78 is 22.2. The van der Waals surface area contributed by atoms with Crippen molar-refractivity contribution in [3.8, 4) is 28.4 Å². The normalized spacial score (nSPS) is 10.8. The lowest BCUT2D eigenvalue weighted by Gasteiger charge is -2.09.